The molecule has 0 aliphatic carbocycles. The number of piperazine rings is 1. The fourth-order valence-electron chi connectivity index (χ4n) is 2.33. The van der Waals surface area contributed by atoms with E-state index in [9.17, 15) is 23.1 Å². The molecule has 2 N–H and O–H groups in total. The number of benzene rings is 1. The number of carbonyl (C=O) groups excluding carboxylic acids is 1. The van der Waals surface area contributed by atoms with Gasteiger partial charge in [0, 0.05) is 13.1 Å². The van der Waals surface area contributed by atoms with Crippen LogP contribution < -0.4 is 5.32 Å². The van der Waals surface area contributed by atoms with Crippen molar-refractivity contribution in [3.8, 4) is 0 Å². The van der Waals surface area contributed by atoms with E-state index in [1.54, 1.807) is 24.3 Å². The summed E-state index contributed by atoms with van der Waals surface area (Å²) < 4.78 is 25.7. The second-order valence-electron chi connectivity index (χ2n) is 5.19. The van der Waals surface area contributed by atoms with Crippen LogP contribution in [-0.2, 0) is 26.0 Å². The Morgan fingerprint density at radius 1 is 1.32 bits per heavy atom. The predicted octanol–water partition coefficient (Wildman–Crippen LogP) is -0.308. The zero-order valence-electron chi connectivity index (χ0n) is 11.9. The number of aliphatic carboxylic acids is 1. The van der Waals surface area contributed by atoms with Gasteiger partial charge in [0.05, 0.1) is 18.2 Å². The predicted molar refractivity (Wildman–Crippen MR) is 79.6 cm³/mol. The third-order valence-electron chi connectivity index (χ3n) is 3.48. The minimum Gasteiger partial charge on any atom is -0.481 e. The van der Waals surface area contributed by atoms with Crippen LogP contribution >= 0.6 is 0 Å². The van der Waals surface area contributed by atoms with Crippen LogP contribution in [0.15, 0.2) is 30.3 Å². The van der Waals surface area contributed by atoms with E-state index in [-0.39, 0.29) is 32.0 Å². The van der Waals surface area contributed by atoms with Gasteiger partial charge in [0.1, 0.15) is 0 Å². The summed E-state index contributed by atoms with van der Waals surface area (Å²) >= 11 is 0. The molecule has 1 aliphatic heterocycles. The van der Waals surface area contributed by atoms with E-state index < -0.39 is 27.7 Å². The zero-order valence-corrected chi connectivity index (χ0v) is 12.8. The van der Waals surface area contributed by atoms with Crippen molar-refractivity contribution in [2.24, 2.45) is 5.92 Å². The van der Waals surface area contributed by atoms with Crippen LogP contribution in [0, 0.1) is 5.92 Å². The lowest BCUT2D eigenvalue weighted by Crippen LogP contribution is -2.51. The first-order chi connectivity index (χ1) is 10.4. The molecule has 1 fully saturated rings. The van der Waals surface area contributed by atoms with Crippen molar-refractivity contribution >= 4 is 21.9 Å². The number of carbonyl (C=O) groups is 2. The van der Waals surface area contributed by atoms with Crippen molar-refractivity contribution < 1.29 is 23.1 Å². The Labute approximate surface area is 129 Å². The first-order valence-electron chi connectivity index (χ1n) is 6.90. The SMILES string of the molecule is O=C1CN(S(=O)(=O)CC(Cc2ccccc2)C(=O)O)CCN1. The molecule has 0 bridgehead atoms. The van der Waals surface area contributed by atoms with Gasteiger partial charge in [-0.2, -0.15) is 4.31 Å². The van der Waals surface area contributed by atoms with Crippen molar-refractivity contribution in [3.05, 3.63) is 35.9 Å². The lowest BCUT2D eigenvalue weighted by Gasteiger charge is -2.27. The number of rotatable bonds is 6. The molecule has 1 aromatic carbocycles. The summed E-state index contributed by atoms with van der Waals surface area (Å²) in [4.78, 5) is 22.7. The molecule has 1 amide bonds. The monoisotopic (exact) mass is 326 g/mol. The fourth-order valence-corrected chi connectivity index (χ4v) is 3.99. The summed E-state index contributed by atoms with van der Waals surface area (Å²) in [5.41, 5.74) is 0.765. The lowest BCUT2D eigenvalue weighted by atomic mass is 10.0. The summed E-state index contributed by atoms with van der Waals surface area (Å²) in [6, 6.07) is 8.88. The number of carboxylic acids is 1. The number of carboxylic acid groups (broad SMARTS) is 1. The maximum Gasteiger partial charge on any atom is 0.307 e. The number of hydrogen-bond acceptors (Lipinski definition) is 4. The van der Waals surface area contributed by atoms with Crippen LogP contribution in [-0.4, -0.2) is 55.1 Å². The topological polar surface area (TPSA) is 104 Å². The molecule has 1 aliphatic rings. The third-order valence-corrected chi connectivity index (χ3v) is 5.40. The Hall–Kier alpha value is -1.93. The van der Waals surface area contributed by atoms with Crippen LogP contribution in [0.1, 0.15) is 5.56 Å². The molecule has 1 aromatic rings. The molecular weight excluding hydrogens is 308 g/mol. The Balaban J connectivity index is 2.09. The van der Waals surface area contributed by atoms with Gasteiger partial charge < -0.3 is 10.4 Å². The summed E-state index contributed by atoms with van der Waals surface area (Å²) in [7, 11) is -3.79. The van der Waals surface area contributed by atoms with Gasteiger partial charge in [0.15, 0.2) is 0 Å². The number of amides is 1. The number of hydrogen-bond donors (Lipinski definition) is 2. The van der Waals surface area contributed by atoms with E-state index in [1.165, 1.54) is 0 Å². The van der Waals surface area contributed by atoms with E-state index in [0.29, 0.717) is 0 Å². The molecule has 0 saturated carbocycles. The van der Waals surface area contributed by atoms with Crippen LogP contribution in [0.5, 0.6) is 0 Å². The van der Waals surface area contributed by atoms with E-state index in [1.807, 2.05) is 6.07 Å². The minimum atomic E-state index is -3.79. The molecular formula is C14H18N2O5S. The van der Waals surface area contributed by atoms with E-state index in [2.05, 4.69) is 5.32 Å². The second-order valence-corrected chi connectivity index (χ2v) is 7.20. The number of nitrogens with zero attached hydrogens (tertiary/aromatic N) is 1. The maximum absolute atomic E-state index is 12.3. The van der Waals surface area contributed by atoms with Crippen molar-refractivity contribution in [1.82, 2.24) is 9.62 Å². The zero-order chi connectivity index (χ0) is 16.2. The summed E-state index contributed by atoms with van der Waals surface area (Å²) in [6.07, 6.45) is 0.134. The van der Waals surface area contributed by atoms with Gasteiger partial charge in [0.25, 0.3) is 0 Å². The highest BCUT2D eigenvalue weighted by molar-refractivity contribution is 7.89. The van der Waals surface area contributed by atoms with Crippen LogP contribution in [0.3, 0.4) is 0 Å². The summed E-state index contributed by atoms with van der Waals surface area (Å²) in [5, 5.41) is 11.8. The Morgan fingerprint density at radius 2 is 2.00 bits per heavy atom. The van der Waals surface area contributed by atoms with Gasteiger partial charge in [-0.25, -0.2) is 8.42 Å². The van der Waals surface area contributed by atoms with Crippen LogP contribution in [0.4, 0.5) is 0 Å². The number of nitrogens with one attached hydrogen (secondary N) is 1. The average Bonchev–Trinajstić information content (AvgIpc) is 2.47. The van der Waals surface area contributed by atoms with Gasteiger partial charge >= 0.3 is 5.97 Å². The van der Waals surface area contributed by atoms with E-state index >= 15 is 0 Å². The molecule has 22 heavy (non-hydrogen) atoms. The summed E-state index contributed by atoms with van der Waals surface area (Å²) in [6.45, 7) is 0.167. The highest BCUT2D eigenvalue weighted by Crippen LogP contribution is 2.15. The summed E-state index contributed by atoms with van der Waals surface area (Å²) in [5.74, 6) is -3.08. The molecule has 0 radical (unpaired) electrons. The first kappa shape index (κ1) is 16.4. The maximum atomic E-state index is 12.3. The highest BCUT2D eigenvalue weighted by atomic mass is 32.2. The van der Waals surface area contributed by atoms with Crippen LogP contribution in [0.25, 0.3) is 0 Å². The van der Waals surface area contributed by atoms with Gasteiger partial charge in [-0.1, -0.05) is 30.3 Å². The van der Waals surface area contributed by atoms with Crippen LogP contribution in [0.2, 0.25) is 0 Å². The molecule has 2 rings (SSSR count). The highest BCUT2D eigenvalue weighted by Gasteiger charge is 2.32. The van der Waals surface area contributed by atoms with Gasteiger partial charge in [-0.05, 0) is 12.0 Å². The van der Waals surface area contributed by atoms with Crippen molar-refractivity contribution in [3.63, 3.8) is 0 Å². The smallest absolute Gasteiger partial charge is 0.307 e. The molecule has 1 heterocycles. The Morgan fingerprint density at radius 3 is 2.59 bits per heavy atom. The molecule has 120 valence electrons. The molecule has 1 saturated heterocycles. The Bertz CT molecular complexity index is 644. The van der Waals surface area contributed by atoms with Gasteiger partial charge in [-0.3, -0.25) is 9.59 Å². The van der Waals surface area contributed by atoms with Crippen molar-refractivity contribution in [1.29, 1.82) is 0 Å². The first-order valence-corrected chi connectivity index (χ1v) is 8.50. The Kier molecular flexibility index (Phi) is 5.15. The molecule has 0 spiro atoms. The number of sulfonamides is 1. The third kappa shape index (κ3) is 4.28. The van der Waals surface area contributed by atoms with Crippen molar-refractivity contribution in [2.75, 3.05) is 25.4 Å². The van der Waals surface area contributed by atoms with Gasteiger partial charge in [0.2, 0.25) is 15.9 Å². The molecule has 1 unspecified atom stereocenters. The largest absolute Gasteiger partial charge is 0.481 e. The normalized spacial score (nSPS) is 17.7. The molecule has 8 heteroatoms. The second kappa shape index (κ2) is 6.89. The van der Waals surface area contributed by atoms with Crippen molar-refractivity contribution in [2.45, 2.75) is 6.42 Å². The van der Waals surface area contributed by atoms with Gasteiger partial charge in [-0.15, -0.1) is 0 Å². The van der Waals surface area contributed by atoms with E-state index in [4.69, 9.17) is 0 Å². The quantitative estimate of drug-likeness (QED) is 0.746. The molecule has 0 aromatic heterocycles. The average molecular weight is 326 g/mol. The fraction of sp³-hybridized carbons (Fsp3) is 0.429. The van der Waals surface area contributed by atoms with E-state index in [0.717, 1.165) is 9.87 Å². The standard InChI is InChI=1S/C14H18N2O5S/c17-13-9-16(7-6-15-13)22(20,21)10-12(14(18)19)8-11-4-2-1-3-5-11/h1-5,12H,6-10H2,(H,15,17)(H,18,19). The lowest BCUT2D eigenvalue weighted by molar-refractivity contribution is -0.140. The minimum absolute atomic E-state index is 0.134. The molecule has 7 nitrogen and oxygen atoms in total. The molecule has 1 atom stereocenters.